The first-order chi connectivity index (χ1) is 13.7. The van der Waals surface area contributed by atoms with E-state index in [-0.39, 0.29) is 0 Å². The van der Waals surface area contributed by atoms with Gasteiger partial charge in [-0.15, -0.1) is 0 Å². The Hall–Kier alpha value is -2.74. The van der Waals surface area contributed by atoms with Crippen molar-refractivity contribution >= 4 is 27.3 Å². The monoisotopic (exact) mass is 418 g/mol. The van der Waals surface area contributed by atoms with E-state index in [1.54, 1.807) is 37.3 Å². The molecule has 0 radical (unpaired) electrons. The lowest BCUT2D eigenvalue weighted by Gasteiger charge is -2.30. The van der Waals surface area contributed by atoms with Gasteiger partial charge in [-0.3, -0.25) is 9.10 Å². The zero-order valence-electron chi connectivity index (χ0n) is 17.1. The molecule has 0 saturated carbocycles. The van der Waals surface area contributed by atoms with E-state index in [2.05, 4.69) is 5.32 Å². The number of carbonyl (C=O) groups excluding carboxylic acids is 1. The predicted molar refractivity (Wildman–Crippen MR) is 113 cm³/mol. The van der Waals surface area contributed by atoms with Crippen molar-refractivity contribution in [2.75, 3.05) is 29.1 Å². The highest BCUT2D eigenvalue weighted by atomic mass is 32.2. The van der Waals surface area contributed by atoms with Gasteiger partial charge >= 0.3 is 0 Å². The summed E-state index contributed by atoms with van der Waals surface area (Å²) >= 11 is 0. The third kappa shape index (κ3) is 4.64. The van der Waals surface area contributed by atoms with Crippen LogP contribution in [0.2, 0.25) is 0 Å². The van der Waals surface area contributed by atoms with Crippen LogP contribution in [0, 0.1) is 13.8 Å². The van der Waals surface area contributed by atoms with Crippen molar-refractivity contribution < 1.29 is 22.7 Å². The van der Waals surface area contributed by atoms with E-state index in [1.807, 2.05) is 19.9 Å². The molecule has 7 nitrogen and oxygen atoms in total. The lowest BCUT2D eigenvalue weighted by molar-refractivity contribution is -0.117. The molecule has 1 aliphatic heterocycles. The molecule has 2 aromatic rings. The first-order valence-electron chi connectivity index (χ1n) is 9.48. The fourth-order valence-corrected chi connectivity index (χ4v) is 4.47. The van der Waals surface area contributed by atoms with Gasteiger partial charge in [0.05, 0.1) is 11.9 Å². The number of nitrogens with zero attached hydrogens (tertiary/aromatic N) is 1. The first kappa shape index (κ1) is 21.0. The Bertz CT molecular complexity index is 1020. The fraction of sp³-hybridized carbons (Fsp3) is 0.381. The molecule has 0 aliphatic carbocycles. The van der Waals surface area contributed by atoms with E-state index >= 15 is 0 Å². The molecule has 0 bridgehead atoms. The van der Waals surface area contributed by atoms with Gasteiger partial charge in [0, 0.05) is 11.8 Å². The van der Waals surface area contributed by atoms with Crippen molar-refractivity contribution in [2.45, 2.75) is 33.2 Å². The van der Waals surface area contributed by atoms with E-state index in [0.717, 1.165) is 17.4 Å². The molecule has 1 amide bonds. The molecular formula is C21H26N2O5S. The van der Waals surface area contributed by atoms with Gasteiger partial charge in [-0.1, -0.05) is 13.0 Å². The minimum absolute atomic E-state index is 0.316. The minimum Gasteiger partial charge on any atom is -0.486 e. The van der Waals surface area contributed by atoms with Crippen LogP contribution >= 0.6 is 0 Å². The zero-order chi connectivity index (χ0) is 21.2. The number of fused-ring (bicyclic) bond motifs is 1. The number of aryl methyl sites for hydroxylation is 2. The van der Waals surface area contributed by atoms with Crippen LogP contribution in [-0.2, 0) is 14.8 Å². The molecule has 2 aromatic carbocycles. The number of anilines is 2. The van der Waals surface area contributed by atoms with E-state index in [4.69, 9.17) is 9.47 Å². The Morgan fingerprint density at radius 1 is 1.07 bits per heavy atom. The average Bonchev–Trinajstić information content (AvgIpc) is 2.67. The van der Waals surface area contributed by atoms with Crippen molar-refractivity contribution in [1.82, 2.24) is 0 Å². The van der Waals surface area contributed by atoms with Gasteiger partial charge in [-0.2, -0.15) is 0 Å². The normalized spacial score (nSPS) is 14.2. The standard InChI is InChI=1S/C21H26N2O5S/c1-5-18(23(29(4,25)26)17-8-6-14(2)15(3)12-17)21(24)22-16-7-9-19-20(13-16)28-11-10-27-19/h6-9,12-13,18H,5,10-11H2,1-4H3,(H,22,24)/t18-/m1/s1. The number of hydrogen-bond donors (Lipinski definition) is 1. The Morgan fingerprint density at radius 3 is 2.38 bits per heavy atom. The average molecular weight is 419 g/mol. The zero-order valence-corrected chi connectivity index (χ0v) is 17.9. The Balaban J connectivity index is 1.90. The maximum Gasteiger partial charge on any atom is 0.248 e. The summed E-state index contributed by atoms with van der Waals surface area (Å²) in [6, 6.07) is 9.59. The number of hydrogen-bond acceptors (Lipinski definition) is 5. The summed E-state index contributed by atoms with van der Waals surface area (Å²) in [5.41, 5.74) is 3.00. The van der Waals surface area contributed by atoms with Gasteiger partial charge < -0.3 is 14.8 Å². The van der Waals surface area contributed by atoms with Gasteiger partial charge in [0.25, 0.3) is 0 Å². The van der Waals surface area contributed by atoms with E-state index in [9.17, 15) is 13.2 Å². The highest BCUT2D eigenvalue weighted by molar-refractivity contribution is 7.92. The molecule has 1 aliphatic rings. The van der Waals surface area contributed by atoms with Crippen LogP contribution in [0.15, 0.2) is 36.4 Å². The van der Waals surface area contributed by atoms with Gasteiger partial charge in [0.2, 0.25) is 15.9 Å². The lowest BCUT2D eigenvalue weighted by atomic mass is 10.1. The van der Waals surface area contributed by atoms with Crippen LogP contribution in [-0.4, -0.2) is 39.8 Å². The summed E-state index contributed by atoms with van der Waals surface area (Å²) in [5, 5.41) is 2.81. The van der Waals surface area contributed by atoms with Crippen LogP contribution < -0.4 is 19.1 Å². The molecular weight excluding hydrogens is 392 g/mol. The minimum atomic E-state index is -3.68. The van der Waals surface area contributed by atoms with Crippen molar-refractivity contribution in [2.24, 2.45) is 0 Å². The van der Waals surface area contributed by atoms with Gasteiger partial charge in [0.1, 0.15) is 19.3 Å². The number of carbonyl (C=O) groups is 1. The Labute approximate surface area is 171 Å². The maximum atomic E-state index is 13.0. The van der Waals surface area contributed by atoms with Crippen molar-refractivity contribution in [3.63, 3.8) is 0 Å². The lowest BCUT2D eigenvalue weighted by Crippen LogP contribution is -2.47. The predicted octanol–water partition coefficient (Wildman–Crippen LogP) is 3.26. The summed E-state index contributed by atoms with van der Waals surface area (Å²) in [4.78, 5) is 13.0. The molecule has 0 fully saturated rings. The number of benzene rings is 2. The van der Waals surface area contributed by atoms with Crippen LogP contribution in [0.5, 0.6) is 11.5 Å². The summed E-state index contributed by atoms with van der Waals surface area (Å²) in [6.45, 7) is 6.57. The van der Waals surface area contributed by atoms with Crippen LogP contribution in [0.3, 0.4) is 0 Å². The summed E-state index contributed by atoms with van der Waals surface area (Å²) < 4.78 is 37.4. The summed E-state index contributed by atoms with van der Waals surface area (Å²) in [5.74, 6) is 0.762. The Kier molecular flexibility index (Phi) is 6.02. The molecule has 1 heterocycles. The van der Waals surface area contributed by atoms with Gasteiger partial charge in [-0.25, -0.2) is 8.42 Å². The second-order valence-electron chi connectivity index (χ2n) is 7.10. The quantitative estimate of drug-likeness (QED) is 0.778. The Morgan fingerprint density at radius 2 is 1.76 bits per heavy atom. The largest absolute Gasteiger partial charge is 0.486 e. The first-order valence-corrected chi connectivity index (χ1v) is 11.3. The van der Waals surface area contributed by atoms with Crippen LogP contribution in [0.4, 0.5) is 11.4 Å². The number of rotatable bonds is 6. The maximum absolute atomic E-state index is 13.0. The van der Waals surface area contributed by atoms with Crippen molar-refractivity contribution in [3.05, 3.63) is 47.5 Å². The number of ether oxygens (including phenoxy) is 2. The summed E-state index contributed by atoms with van der Waals surface area (Å²) in [7, 11) is -3.68. The number of sulfonamides is 1. The molecule has 156 valence electrons. The van der Waals surface area contributed by atoms with Crippen molar-refractivity contribution in [3.8, 4) is 11.5 Å². The molecule has 0 spiro atoms. The molecule has 3 rings (SSSR count). The third-order valence-corrected chi connectivity index (χ3v) is 6.06. The van der Waals surface area contributed by atoms with E-state index < -0.39 is 22.0 Å². The SMILES string of the molecule is CC[C@H](C(=O)Nc1ccc2c(c1)OCCO2)N(c1ccc(C)c(C)c1)S(C)(=O)=O. The smallest absolute Gasteiger partial charge is 0.248 e. The molecule has 0 saturated heterocycles. The van der Waals surface area contributed by atoms with Crippen molar-refractivity contribution in [1.29, 1.82) is 0 Å². The topological polar surface area (TPSA) is 84.9 Å². The molecule has 1 atom stereocenters. The second kappa shape index (κ2) is 8.32. The fourth-order valence-electron chi connectivity index (χ4n) is 3.27. The highest BCUT2D eigenvalue weighted by Gasteiger charge is 2.32. The molecule has 0 aromatic heterocycles. The molecule has 8 heteroatoms. The number of amides is 1. The van der Waals surface area contributed by atoms with Crippen LogP contribution in [0.1, 0.15) is 24.5 Å². The third-order valence-electron chi connectivity index (χ3n) is 4.88. The van der Waals surface area contributed by atoms with Gasteiger partial charge in [-0.05, 0) is 55.7 Å². The van der Waals surface area contributed by atoms with E-state index in [0.29, 0.717) is 42.5 Å². The molecule has 1 N–H and O–H groups in total. The second-order valence-corrected chi connectivity index (χ2v) is 8.96. The van der Waals surface area contributed by atoms with E-state index in [1.165, 1.54) is 4.31 Å². The highest BCUT2D eigenvalue weighted by Crippen LogP contribution is 2.33. The molecule has 29 heavy (non-hydrogen) atoms. The summed E-state index contributed by atoms with van der Waals surface area (Å²) in [6.07, 6.45) is 1.43. The number of nitrogens with one attached hydrogen (secondary N) is 1. The van der Waals surface area contributed by atoms with Gasteiger partial charge in [0.15, 0.2) is 11.5 Å². The van der Waals surface area contributed by atoms with Crippen LogP contribution in [0.25, 0.3) is 0 Å². The molecule has 0 unspecified atom stereocenters.